The molecule has 0 saturated heterocycles. The molecule has 0 fully saturated rings. The average molecular weight is 358 g/mol. The van der Waals surface area contributed by atoms with E-state index in [0.717, 1.165) is 17.7 Å². The van der Waals surface area contributed by atoms with Gasteiger partial charge in [0, 0.05) is 12.2 Å². The molecule has 0 radical (unpaired) electrons. The summed E-state index contributed by atoms with van der Waals surface area (Å²) in [6.45, 7) is 4.03. The molecule has 0 aromatic heterocycles. The van der Waals surface area contributed by atoms with Crippen LogP contribution in [0.3, 0.4) is 0 Å². The van der Waals surface area contributed by atoms with Crippen molar-refractivity contribution >= 4 is 17.5 Å². The summed E-state index contributed by atoms with van der Waals surface area (Å²) in [4.78, 5) is 26.1. The third kappa shape index (κ3) is 5.88. The van der Waals surface area contributed by atoms with Crippen molar-refractivity contribution < 1.29 is 18.7 Å². The van der Waals surface area contributed by atoms with E-state index in [9.17, 15) is 14.0 Å². The van der Waals surface area contributed by atoms with Gasteiger partial charge in [-0.1, -0.05) is 25.1 Å². The van der Waals surface area contributed by atoms with Gasteiger partial charge in [0.1, 0.15) is 11.6 Å². The van der Waals surface area contributed by atoms with Gasteiger partial charge in [-0.2, -0.15) is 0 Å². The second-order valence-corrected chi connectivity index (χ2v) is 5.92. The number of nitrogens with zero attached hydrogens (tertiary/aromatic N) is 1. The lowest BCUT2D eigenvalue weighted by Crippen LogP contribution is -2.41. The second kappa shape index (κ2) is 9.56. The zero-order valence-electron chi connectivity index (χ0n) is 15.0. The first-order chi connectivity index (χ1) is 12.5. The first-order valence-electron chi connectivity index (χ1n) is 8.51. The number of anilines is 1. The molecule has 2 aromatic rings. The molecule has 0 saturated carbocycles. The third-order valence-electron chi connectivity index (χ3n) is 3.78. The van der Waals surface area contributed by atoms with Crippen LogP contribution < -0.4 is 10.1 Å². The predicted octanol–water partition coefficient (Wildman–Crippen LogP) is 3.39. The van der Waals surface area contributed by atoms with Crippen LogP contribution in [0.1, 0.15) is 18.9 Å². The highest BCUT2D eigenvalue weighted by atomic mass is 19.1. The van der Waals surface area contributed by atoms with Crippen LogP contribution in [0.2, 0.25) is 0 Å². The molecular weight excluding hydrogens is 335 g/mol. The summed E-state index contributed by atoms with van der Waals surface area (Å²) in [6, 6.07) is 12.9. The van der Waals surface area contributed by atoms with Gasteiger partial charge in [0.2, 0.25) is 5.91 Å². The van der Waals surface area contributed by atoms with Crippen molar-refractivity contribution in [2.45, 2.75) is 20.3 Å². The van der Waals surface area contributed by atoms with Crippen LogP contribution in [0, 0.1) is 12.7 Å². The number of carbonyl (C=O) groups is 2. The predicted molar refractivity (Wildman–Crippen MR) is 98.6 cm³/mol. The molecular formula is C20H23FN2O3. The van der Waals surface area contributed by atoms with E-state index in [1.807, 2.05) is 38.1 Å². The van der Waals surface area contributed by atoms with E-state index in [4.69, 9.17) is 4.74 Å². The summed E-state index contributed by atoms with van der Waals surface area (Å²) in [5, 5.41) is 2.82. The zero-order chi connectivity index (χ0) is 18.9. The molecule has 6 heteroatoms. The standard InChI is InChI=1S/C20H23FN2O3/c1-3-12-23(13-19(24)22-18-7-5-4-6-15(18)2)20(25)14-26-17-10-8-16(21)9-11-17/h4-11H,3,12-14H2,1-2H3,(H,22,24). The number of rotatable bonds is 8. The van der Waals surface area contributed by atoms with Crippen molar-refractivity contribution in [3.63, 3.8) is 0 Å². The van der Waals surface area contributed by atoms with E-state index in [-0.39, 0.29) is 30.8 Å². The smallest absolute Gasteiger partial charge is 0.260 e. The molecule has 0 atom stereocenters. The number of halogens is 1. The Morgan fingerprint density at radius 1 is 1.12 bits per heavy atom. The fraction of sp³-hybridized carbons (Fsp3) is 0.300. The first-order valence-corrected chi connectivity index (χ1v) is 8.51. The normalized spacial score (nSPS) is 10.3. The number of para-hydroxylation sites is 1. The highest BCUT2D eigenvalue weighted by Gasteiger charge is 2.17. The molecule has 2 rings (SSSR count). The van der Waals surface area contributed by atoms with E-state index in [1.54, 1.807) is 0 Å². The van der Waals surface area contributed by atoms with Gasteiger partial charge in [0.15, 0.2) is 6.61 Å². The second-order valence-electron chi connectivity index (χ2n) is 5.92. The van der Waals surface area contributed by atoms with Crippen LogP contribution in [0.5, 0.6) is 5.75 Å². The fourth-order valence-electron chi connectivity index (χ4n) is 2.41. The molecule has 0 heterocycles. The highest BCUT2D eigenvalue weighted by molar-refractivity contribution is 5.95. The van der Waals surface area contributed by atoms with E-state index >= 15 is 0 Å². The van der Waals surface area contributed by atoms with Gasteiger partial charge >= 0.3 is 0 Å². The number of amides is 2. The largest absolute Gasteiger partial charge is 0.484 e. The summed E-state index contributed by atoms with van der Waals surface area (Å²) in [5.41, 5.74) is 1.68. The van der Waals surface area contributed by atoms with Crippen molar-refractivity contribution in [2.75, 3.05) is 25.0 Å². The van der Waals surface area contributed by atoms with Gasteiger partial charge in [0.05, 0.1) is 6.54 Å². The van der Waals surface area contributed by atoms with Crippen molar-refractivity contribution in [1.29, 1.82) is 0 Å². The molecule has 1 N–H and O–H groups in total. The van der Waals surface area contributed by atoms with Gasteiger partial charge in [0.25, 0.3) is 5.91 Å². The minimum Gasteiger partial charge on any atom is -0.484 e. The van der Waals surface area contributed by atoms with E-state index in [1.165, 1.54) is 29.2 Å². The Balaban J connectivity index is 1.91. The van der Waals surface area contributed by atoms with E-state index in [0.29, 0.717) is 12.3 Å². The molecule has 0 aliphatic rings. The average Bonchev–Trinajstić information content (AvgIpc) is 2.62. The lowest BCUT2D eigenvalue weighted by atomic mass is 10.2. The molecule has 0 unspecified atom stereocenters. The van der Waals surface area contributed by atoms with Crippen LogP contribution in [-0.4, -0.2) is 36.4 Å². The molecule has 0 aliphatic carbocycles. The Bertz CT molecular complexity index is 747. The quantitative estimate of drug-likeness (QED) is 0.787. The number of nitrogens with one attached hydrogen (secondary N) is 1. The van der Waals surface area contributed by atoms with Crippen LogP contribution in [-0.2, 0) is 9.59 Å². The van der Waals surface area contributed by atoms with Crippen LogP contribution in [0.15, 0.2) is 48.5 Å². The fourth-order valence-corrected chi connectivity index (χ4v) is 2.41. The van der Waals surface area contributed by atoms with Gasteiger partial charge in [-0.15, -0.1) is 0 Å². The zero-order valence-corrected chi connectivity index (χ0v) is 15.0. The minimum absolute atomic E-state index is 0.0478. The van der Waals surface area contributed by atoms with Crippen molar-refractivity contribution in [3.05, 3.63) is 59.9 Å². The molecule has 0 spiro atoms. The minimum atomic E-state index is -0.371. The lowest BCUT2D eigenvalue weighted by molar-refractivity contribution is -0.136. The Hall–Kier alpha value is -2.89. The molecule has 0 aliphatic heterocycles. The maximum atomic E-state index is 12.9. The van der Waals surface area contributed by atoms with Crippen LogP contribution in [0.4, 0.5) is 10.1 Å². The summed E-state index contributed by atoms with van der Waals surface area (Å²) in [7, 11) is 0. The Morgan fingerprint density at radius 3 is 2.46 bits per heavy atom. The van der Waals surface area contributed by atoms with Gasteiger partial charge < -0.3 is 15.0 Å². The molecule has 138 valence electrons. The number of ether oxygens (including phenoxy) is 1. The molecule has 2 amide bonds. The SMILES string of the molecule is CCCN(CC(=O)Nc1ccccc1C)C(=O)COc1ccc(F)cc1. The van der Waals surface area contributed by atoms with Crippen molar-refractivity contribution in [3.8, 4) is 5.75 Å². The molecule has 26 heavy (non-hydrogen) atoms. The topological polar surface area (TPSA) is 58.6 Å². The van der Waals surface area contributed by atoms with Gasteiger partial charge in [-0.3, -0.25) is 9.59 Å². The summed E-state index contributed by atoms with van der Waals surface area (Å²) < 4.78 is 18.3. The Labute approximate surface area is 152 Å². The molecule has 2 aromatic carbocycles. The molecule has 0 bridgehead atoms. The first kappa shape index (κ1) is 19.4. The Morgan fingerprint density at radius 2 is 1.81 bits per heavy atom. The number of hydrogen-bond acceptors (Lipinski definition) is 3. The summed E-state index contributed by atoms with van der Waals surface area (Å²) >= 11 is 0. The number of carbonyl (C=O) groups excluding carboxylic acids is 2. The number of benzene rings is 2. The van der Waals surface area contributed by atoms with Crippen LogP contribution in [0.25, 0.3) is 0 Å². The van der Waals surface area contributed by atoms with Gasteiger partial charge in [-0.25, -0.2) is 4.39 Å². The van der Waals surface area contributed by atoms with E-state index in [2.05, 4.69) is 5.32 Å². The van der Waals surface area contributed by atoms with E-state index < -0.39 is 0 Å². The van der Waals surface area contributed by atoms with Crippen molar-refractivity contribution in [2.24, 2.45) is 0 Å². The maximum Gasteiger partial charge on any atom is 0.260 e. The number of aryl methyl sites for hydroxylation is 1. The molecule has 5 nitrogen and oxygen atoms in total. The third-order valence-corrected chi connectivity index (χ3v) is 3.78. The lowest BCUT2D eigenvalue weighted by Gasteiger charge is -2.22. The number of hydrogen-bond donors (Lipinski definition) is 1. The Kier molecular flexibility index (Phi) is 7.14. The van der Waals surface area contributed by atoms with Crippen molar-refractivity contribution in [1.82, 2.24) is 4.90 Å². The van der Waals surface area contributed by atoms with Crippen LogP contribution >= 0.6 is 0 Å². The highest BCUT2D eigenvalue weighted by Crippen LogP contribution is 2.13. The maximum absolute atomic E-state index is 12.9. The van der Waals surface area contributed by atoms with Gasteiger partial charge in [-0.05, 0) is 49.2 Å². The summed E-state index contributed by atoms with van der Waals surface area (Å²) in [5.74, 6) is -0.524. The summed E-state index contributed by atoms with van der Waals surface area (Å²) in [6.07, 6.45) is 0.722. The monoisotopic (exact) mass is 358 g/mol.